The minimum atomic E-state index is -4.60. The predicted octanol–water partition coefficient (Wildman–Crippen LogP) is 6.87. The summed E-state index contributed by atoms with van der Waals surface area (Å²) < 4.78 is 45.2. The van der Waals surface area contributed by atoms with E-state index in [1.54, 1.807) is 36.4 Å². The Morgan fingerprint density at radius 1 is 1.22 bits per heavy atom. The fourth-order valence-corrected chi connectivity index (χ4v) is 3.97. The second-order valence-electron chi connectivity index (χ2n) is 8.28. The highest BCUT2D eigenvalue weighted by molar-refractivity contribution is 9.10. The van der Waals surface area contributed by atoms with Gasteiger partial charge in [0.2, 0.25) is 5.91 Å². The van der Waals surface area contributed by atoms with Crippen LogP contribution < -0.4 is 10.1 Å². The van der Waals surface area contributed by atoms with E-state index in [1.807, 2.05) is 13.8 Å². The summed E-state index contributed by atoms with van der Waals surface area (Å²) in [5.74, 6) is 0.940. The van der Waals surface area contributed by atoms with Crippen molar-refractivity contribution in [3.05, 3.63) is 80.7 Å². The molecule has 1 amide bonds. The monoisotopic (exact) mass is 598 g/mol. The summed E-state index contributed by atoms with van der Waals surface area (Å²) in [6.07, 6.45) is -3.57. The molecule has 196 valence electrons. The highest BCUT2D eigenvalue weighted by Crippen LogP contribution is 2.33. The summed E-state index contributed by atoms with van der Waals surface area (Å²) in [5.41, 5.74) is 0.0353. The lowest BCUT2D eigenvalue weighted by Crippen LogP contribution is -2.15. The van der Waals surface area contributed by atoms with Gasteiger partial charge < -0.3 is 14.9 Å². The van der Waals surface area contributed by atoms with E-state index in [0.29, 0.717) is 39.9 Å². The van der Waals surface area contributed by atoms with Gasteiger partial charge in [0.1, 0.15) is 23.0 Å². The number of halogens is 5. The van der Waals surface area contributed by atoms with Gasteiger partial charge in [-0.1, -0.05) is 36.7 Å². The molecule has 0 spiro atoms. The fourth-order valence-electron chi connectivity index (χ4n) is 3.17. The van der Waals surface area contributed by atoms with E-state index in [-0.39, 0.29) is 34.9 Å². The van der Waals surface area contributed by atoms with Gasteiger partial charge in [-0.2, -0.15) is 13.2 Å². The van der Waals surface area contributed by atoms with E-state index < -0.39 is 11.7 Å². The third kappa shape index (κ3) is 7.90. The molecule has 0 aliphatic rings. The largest absolute Gasteiger partial charge is 0.496 e. The normalized spacial score (nSPS) is 12.0. The first-order chi connectivity index (χ1) is 17.5. The molecule has 7 nitrogen and oxygen atoms in total. The molecule has 3 rings (SSSR count). The number of hydrogen-bond acceptors (Lipinski definition) is 6. The zero-order valence-corrected chi connectivity index (χ0v) is 22.4. The van der Waals surface area contributed by atoms with E-state index in [1.165, 1.54) is 7.11 Å². The first-order valence-electron chi connectivity index (χ1n) is 11.0. The summed E-state index contributed by atoms with van der Waals surface area (Å²) in [4.78, 5) is 25.8. The van der Waals surface area contributed by atoms with Gasteiger partial charge in [0.05, 0.1) is 27.9 Å². The van der Waals surface area contributed by atoms with Crippen LogP contribution in [-0.4, -0.2) is 28.7 Å². The Bertz CT molecular complexity index is 1300. The number of anilines is 1. The van der Waals surface area contributed by atoms with Crippen molar-refractivity contribution < 1.29 is 27.5 Å². The van der Waals surface area contributed by atoms with Crippen LogP contribution in [0.3, 0.4) is 0 Å². The summed E-state index contributed by atoms with van der Waals surface area (Å²) in [6.45, 7) is 3.78. The molecule has 0 unspecified atom stereocenters. The molecule has 0 saturated carbocycles. The smallest absolute Gasteiger partial charge is 0.417 e. The van der Waals surface area contributed by atoms with Crippen LogP contribution in [0.5, 0.6) is 5.75 Å². The van der Waals surface area contributed by atoms with E-state index in [0.717, 1.165) is 6.07 Å². The Hall–Kier alpha value is -3.18. The number of carbonyl (C=O) groups is 1. The first-order valence-corrected chi connectivity index (χ1v) is 12.2. The van der Waals surface area contributed by atoms with Gasteiger partial charge in [-0.3, -0.25) is 9.78 Å². The van der Waals surface area contributed by atoms with Crippen LogP contribution >= 0.6 is 27.5 Å². The minimum Gasteiger partial charge on any atom is -0.496 e. The van der Waals surface area contributed by atoms with Gasteiger partial charge in [-0.15, -0.1) is 0 Å². The molecule has 0 atom stereocenters. The van der Waals surface area contributed by atoms with Gasteiger partial charge in [0, 0.05) is 18.2 Å². The van der Waals surface area contributed by atoms with Gasteiger partial charge in [-0.25, -0.2) is 4.98 Å². The Balaban J connectivity index is 1.90. The van der Waals surface area contributed by atoms with Crippen molar-refractivity contribution in [2.75, 3.05) is 12.4 Å². The Morgan fingerprint density at radius 2 is 1.97 bits per heavy atom. The van der Waals surface area contributed by atoms with Crippen molar-refractivity contribution in [2.24, 2.45) is 11.1 Å². The topological polar surface area (TPSA) is 85.7 Å². The number of methoxy groups -OCH3 is 1. The molecule has 1 aromatic carbocycles. The average Bonchev–Trinajstić information content (AvgIpc) is 2.81. The lowest BCUT2D eigenvalue weighted by atomic mass is 10.1. The minimum absolute atomic E-state index is 0.00519. The molecule has 0 aliphatic carbocycles. The van der Waals surface area contributed by atoms with Gasteiger partial charge in [0.25, 0.3) is 0 Å². The molecule has 2 aromatic heterocycles. The second-order valence-corrected chi connectivity index (χ2v) is 9.54. The molecule has 0 saturated heterocycles. The number of ether oxygens (including phenoxy) is 1. The van der Waals surface area contributed by atoms with Gasteiger partial charge in [-0.05, 0) is 58.2 Å². The van der Waals surface area contributed by atoms with Crippen molar-refractivity contribution in [1.29, 1.82) is 0 Å². The number of alkyl halides is 3. The zero-order valence-electron chi connectivity index (χ0n) is 20.1. The maximum atomic E-state index is 13.1. The molecular weight excluding hydrogens is 577 g/mol. The van der Waals surface area contributed by atoms with Crippen molar-refractivity contribution in [3.63, 3.8) is 0 Å². The molecule has 1 N–H and O–H groups in total. The summed E-state index contributed by atoms with van der Waals surface area (Å²) in [5, 5.41) is 6.61. The number of nitrogens with one attached hydrogen (secondary N) is 1. The van der Waals surface area contributed by atoms with Crippen LogP contribution in [0.1, 0.15) is 42.8 Å². The Labute approximate surface area is 225 Å². The van der Waals surface area contributed by atoms with Gasteiger partial charge in [0.15, 0.2) is 6.61 Å². The van der Waals surface area contributed by atoms with Gasteiger partial charge >= 0.3 is 6.18 Å². The van der Waals surface area contributed by atoms with E-state index in [2.05, 4.69) is 36.4 Å². The lowest BCUT2D eigenvalue weighted by molar-refractivity contribution is -0.137. The molecule has 0 bridgehead atoms. The number of hydrogen-bond donors (Lipinski definition) is 1. The standard InChI is InChI=1S/C25H23BrClF3N4O3/c1-14(2)9-22(35)33-21-6-4-5-17(32-21)13-37-34-23(15-7-8-20(36-3)18(26)10-15)24-19(27)11-16(12-31-24)25(28,29)30/h4-8,10-12,14H,9,13H2,1-3H3,(H,32,33,35)/b34-23+. The van der Waals surface area contributed by atoms with Crippen LogP contribution in [-0.2, 0) is 22.4 Å². The number of aromatic nitrogens is 2. The van der Waals surface area contributed by atoms with Crippen molar-refractivity contribution in [3.8, 4) is 5.75 Å². The number of benzene rings is 1. The lowest BCUT2D eigenvalue weighted by Gasteiger charge is -2.12. The van der Waals surface area contributed by atoms with Crippen LogP contribution in [0.2, 0.25) is 5.02 Å². The molecule has 0 radical (unpaired) electrons. The number of pyridine rings is 2. The number of oxime groups is 1. The molecule has 2 heterocycles. The van der Waals surface area contributed by atoms with Crippen LogP contribution in [0, 0.1) is 5.92 Å². The van der Waals surface area contributed by atoms with Crippen molar-refractivity contribution >= 4 is 45.0 Å². The highest BCUT2D eigenvalue weighted by atomic mass is 79.9. The molecule has 37 heavy (non-hydrogen) atoms. The zero-order chi connectivity index (χ0) is 27.2. The average molecular weight is 600 g/mol. The molecular formula is C25H23BrClF3N4O3. The SMILES string of the molecule is COc1ccc(/C(=N\OCc2cccc(NC(=O)CC(C)C)n2)c2ncc(C(F)(F)F)cc2Cl)cc1Br. The third-order valence-corrected chi connectivity index (χ3v) is 5.76. The van der Waals surface area contributed by atoms with E-state index in [9.17, 15) is 18.0 Å². The van der Waals surface area contributed by atoms with Crippen LogP contribution in [0.4, 0.5) is 19.0 Å². The van der Waals surface area contributed by atoms with Crippen LogP contribution in [0.25, 0.3) is 0 Å². The maximum absolute atomic E-state index is 13.1. The van der Waals surface area contributed by atoms with Crippen molar-refractivity contribution in [2.45, 2.75) is 33.1 Å². The molecule has 12 heteroatoms. The fraction of sp³-hybridized carbons (Fsp3) is 0.280. The quantitative estimate of drug-likeness (QED) is 0.214. The molecule has 0 aliphatic heterocycles. The number of nitrogens with zero attached hydrogens (tertiary/aromatic N) is 3. The van der Waals surface area contributed by atoms with E-state index >= 15 is 0 Å². The predicted molar refractivity (Wildman–Crippen MR) is 138 cm³/mol. The van der Waals surface area contributed by atoms with Crippen LogP contribution in [0.15, 0.2) is 58.3 Å². The second kappa shape index (κ2) is 12.4. The number of carbonyl (C=O) groups excluding carboxylic acids is 1. The number of rotatable bonds is 9. The first kappa shape index (κ1) is 28.4. The number of amides is 1. The third-order valence-electron chi connectivity index (χ3n) is 4.85. The molecule has 3 aromatic rings. The molecule has 0 fully saturated rings. The summed E-state index contributed by atoms with van der Waals surface area (Å²) >= 11 is 9.58. The summed E-state index contributed by atoms with van der Waals surface area (Å²) in [7, 11) is 1.50. The highest BCUT2D eigenvalue weighted by Gasteiger charge is 2.32. The Kier molecular flexibility index (Phi) is 9.50. The van der Waals surface area contributed by atoms with Crippen molar-refractivity contribution in [1.82, 2.24) is 9.97 Å². The maximum Gasteiger partial charge on any atom is 0.417 e. The summed E-state index contributed by atoms with van der Waals surface area (Å²) in [6, 6.07) is 10.8. The Morgan fingerprint density at radius 3 is 2.59 bits per heavy atom. The van der Waals surface area contributed by atoms with E-state index in [4.69, 9.17) is 21.2 Å².